The second kappa shape index (κ2) is 5.63. The van der Waals surface area contributed by atoms with Gasteiger partial charge in [0.2, 0.25) is 0 Å². The van der Waals surface area contributed by atoms with Crippen LogP contribution in [0.5, 0.6) is 5.75 Å². The Morgan fingerprint density at radius 3 is 2.45 bits per heavy atom. The van der Waals surface area contributed by atoms with E-state index in [0.29, 0.717) is 6.07 Å². The molecule has 0 saturated carbocycles. The van der Waals surface area contributed by atoms with Crippen molar-refractivity contribution in [2.24, 2.45) is 0 Å². The molecular formula is C14H11ClF3NO. The van der Waals surface area contributed by atoms with Gasteiger partial charge in [0.05, 0.1) is 16.8 Å². The summed E-state index contributed by atoms with van der Waals surface area (Å²) in [6.45, 7) is 1.59. The summed E-state index contributed by atoms with van der Waals surface area (Å²) in [4.78, 5) is 0. The molecule has 2 N–H and O–H groups in total. The number of hydrogen-bond acceptors (Lipinski definition) is 2. The van der Waals surface area contributed by atoms with Gasteiger partial charge in [0.1, 0.15) is 17.4 Å². The molecule has 106 valence electrons. The zero-order valence-corrected chi connectivity index (χ0v) is 11.2. The second-order valence-electron chi connectivity index (χ2n) is 4.31. The molecule has 0 spiro atoms. The van der Waals surface area contributed by atoms with E-state index < -0.39 is 23.5 Å². The van der Waals surface area contributed by atoms with E-state index in [1.54, 1.807) is 6.92 Å². The fourth-order valence-corrected chi connectivity index (χ4v) is 2.10. The number of phenols is 1. The minimum absolute atomic E-state index is 0.107. The van der Waals surface area contributed by atoms with Crippen LogP contribution in [0.2, 0.25) is 5.02 Å². The summed E-state index contributed by atoms with van der Waals surface area (Å²) in [6, 6.07) is 4.46. The molecule has 2 rings (SSSR count). The maximum Gasteiger partial charge on any atom is 0.150 e. The van der Waals surface area contributed by atoms with Crippen LogP contribution in [0.4, 0.5) is 18.9 Å². The van der Waals surface area contributed by atoms with Crippen molar-refractivity contribution < 1.29 is 18.3 Å². The molecule has 6 heteroatoms. The van der Waals surface area contributed by atoms with Crippen molar-refractivity contribution in [3.05, 3.63) is 58.4 Å². The van der Waals surface area contributed by atoms with Crippen LogP contribution in [-0.2, 0) is 0 Å². The van der Waals surface area contributed by atoms with Crippen molar-refractivity contribution in [3.63, 3.8) is 0 Å². The van der Waals surface area contributed by atoms with Crippen LogP contribution in [0, 0.1) is 17.5 Å². The number of benzene rings is 2. The Hall–Kier alpha value is -1.88. The molecule has 0 aromatic heterocycles. The Balaban J connectivity index is 2.32. The second-order valence-corrected chi connectivity index (χ2v) is 4.72. The zero-order valence-electron chi connectivity index (χ0n) is 10.4. The molecule has 0 fully saturated rings. The Morgan fingerprint density at radius 1 is 1.10 bits per heavy atom. The Kier molecular flexibility index (Phi) is 4.09. The molecule has 0 radical (unpaired) electrons. The van der Waals surface area contributed by atoms with Crippen molar-refractivity contribution in [1.82, 2.24) is 0 Å². The lowest BCUT2D eigenvalue weighted by Crippen LogP contribution is -2.09. The van der Waals surface area contributed by atoms with E-state index in [0.717, 1.165) is 18.2 Å². The van der Waals surface area contributed by atoms with Crippen molar-refractivity contribution in [2.45, 2.75) is 13.0 Å². The summed E-state index contributed by atoms with van der Waals surface area (Å²) in [7, 11) is 0. The first-order valence-electron chi connectivity index (χ1n) is 5.78. The van der Waals surface area contributed by atoms with E-state index >= 15 is 0 Å². The summed E-state index contributed by atoms with van der Waals surface area (Å²) >= 11 is 5.76. The Morgan fingerprint density at radius 2 is 1.80 bits per heavy atom. The number of phenolic OH excluding ortho intramolecular Hbond substituents is 1. The molecule has 0 saturated heterocycles. The molecule has 0 heterocycles. The van der Waals surface area contributed by atoms with E-state index in [4.69, 9.17) is 11.6 Å². The summed E-state index contributed by atoms with van der Waals surface area (Å²) < 4.78 is 39.8. The first kappa shape index (κ1) is 14.5. The summed E-state index contributed by atoms with van der Waals surface area (Å²) in [5.41, 5.74) is 0.133. The maximum absolute atomic E-state index is 13.6. The molecule has 0 amide bonds. The largest absolute Gasteiger partial charge is 0.508 e. The number of rotatable bonds is 3. The van der Waals surface area contributed by atoms with Gasteiger partial charge < -0.3 is 10.4 Å². The van der Waals surface area contributed by atoms with E-state index in [-0.39, 0.29) is 22.0 Å². The van der Waals surface area contributed by atoms with Gasteiger partial charge in [-0.2, -0.15) is 0 Å². The first-order chi connectivity index (χ1) is 9.38. The quantitative estimate of drug-likeness (QED) is 0.866. The smallest absolute Gasteiger partial charge is 0.150 e. The summed E-state index contributed by atoms with van der Waals surface area (Å²) in [6.07, 6.45) is 0. The molecule has 2 nitrogen and oxygen atoms in total. The third-order valence-electron chi connectivity index (χ3n) is 2.82. The van der Waals surface area contributed by atoms with Crippen LogP contribution in [0.25, 0.3) is 0 Å². The van der Waals surface area contributed by atoms with E-state index in [1.807, 2.05) is 0 Å². The molecule has 1 atom stereocenters. The normalized spacial score (nSPS) is 12.2. The highest BCUT2D eigenvalue weighted by Gasteiger charge is 2.16. The molecule has 0 aliphatic heterocycles. The van der Waals surface area contributed by atoms with Crippen molar-refractivity contribution in [2.75, 3.05) is 5.32 Å². The van der Waals surface area contributed by atoms with Gasteiger partial charge in [0.15, 0.2) is 5.82 Å². The lowest BCUT2D eigenvalue weighted by atomic mass is 10.1. The monoisotopic (exact) mass is 301 g/mol. The lowest BCUT2D eigenvalue weighted by molar-refractivity contribution is 0.462. The summed E-state index contributed by atoms with van der Waals surface area (Å²) in [5.74, 6) is -2.32. The van der Waals surface area contributed by atoms with Gasteiger partial charge in [-0.15, -0.1) is 0 Å². The van der Waals surface area contributed by atoms with Crippen LogP contribution in [0.1, 0.15) is 18.5 Å². The average molecular weight is 302 g/mol. The predicted molar refractivity (Wildman–Crippen MR) is 71.5 cm³/mol. The van der Waals surface area contributed by atoms with Crippen molar-refractivity contribution in [1.29, 1.82) is 0 Å². The fraction of sp³-hybridized carbons (Fsp3) is 0.143. The van der Waals surface area contributed by atoms with Gasteiger partial charge in [-0.25, -0.2) is 13.2 Å². The van der Waals surface area contributed by atoms with Gasteiger partial charge in [0.25, 0.3) is 0 Å². The minimum Gasteiger partial charge on any atom is -0.508 e. The number of nitrogens with one attached hydrogen (secondary N) is 1. The predicted octanol–water partition coefficient (Wildman–Crippen LogP) is 4.64. The number of aromatic hydroxyl groups is 1. The van der Waals surface area contributed by atoms with Gasteiger partial charge in [-0.05, 0) is 31.2 Å². The van der Waals surface area contributed by atoms with Crippen LogP contribution >= 0.6 is 11.6 Å². The van der Waals surface area contributed by atoms with Crippen molar-refractivity contribution in [3.8, 4) is 5.75 Å². The molecule has 0 bridgehead atoms. The highest BCUT2D eigenvalue weighted by molar-refractivity contribution is 6.33. The third-order valence-corrected chi connectivity index (χ3v) is 3.12. The number of hydrogen-bond donors (Lipinski definition) is 2. The zero-order chi connectivity index (χ0) is 14.9. The first-order valence-corrected chi connectivity index (χ1v) is 6.15. The number of halogens is 4. The molecule has 0 aliphatic carbocycles. The molecule has 0 aliphatic rings. The average Bonchev–Trinajstić information content (AvgIpc) is 2.36. The number of anilines is 1. The Bertz CT molecular complexity index is 625. The maximum atomic E-state index is 13.6. The molecular weight excluding hydrogens is 291 g/mol. The van der Waals surface area contributed by atoms with Crippen LogP contribution < -0.4 is 5.32 Å². The fourth-order valence-electron chi connectivity index (χ4n) is 1.85. The van der Waals surface area contributed by atoms with Gasteiger partial charge in [-0.3, -0.25) is 0 Å². The van der Waals surface area contributed by atoms with E-state index in [9.17, 15) is 18.3 Å². The summed E-state index contributed by atoms with van der Waals surface area (Å²) in [5, 5.41) is 12.2. The van der Waals surface area contributed by atoms with E-state index in [2.05, 4.69) is 5.32 Å². The van der Waals surface area contributed by atoms with E-state index in [1.165, 1.54) is 6.07 Å². The highest BCUT2D eigenvalue weighted by atomic mass is 35.5. The highest BCUT2D eigenvalue weighted by Crippen LogP contribution is 2.32. The lowest BCUT2D eigenvalue weighted by Gasteiger charge is -2.18. The topological polar surface area (TPSA) is 32.3 Å². The van der Waals surface area contributed by atoms with Gasteiger partial charge >= 0.3 is 0 Å². The molecule has 2 aromatic carbocycles. The van der Waals surface area contributed by atoms with Crippen LogP contribution in [-0.4, -0.2) is 5.11 Å². The Labute approximate surface area is 118 Å². The molecule has 2 aromatic rings. The standard InChI is InChI=1S/C14H11ClF3NO/c1-7(10-4-8(16)2-3-13(10)20)19-14-11(15)5-9(17)6-12(14)18/h2-7,19-20H,1H3. The molecule has 20 heavy (non-hydrogen) atoms. The van der Waals surface area contributed by atoms with Crippen molar-refractivity contribution >= 4 is 17.3 Å². The third kappa shape index (κ3) is 2.99. The van der Waals surface area contributed by atoms with Crippen LogP contribution in [0.15, 0.2) is 30.3 Å². The molecule has 1 unspecified atom stereocenters. The van der Waals surface area contributed by atoms with Gasteiger partial charge in [0, 0.05) is 11.6 Å². The SMILES string of the molecule is CC(Nc1c(F)cc(F)cc1Cl)c1cc(F)ccc1O. The minimum atomic E-state index is -0.863. The van der Waals surface area contributed by atoms with Gasteiger partial charge in [-0.1, -0.05) is 11.6 Å². The van der Waals surface area contributed by atoms with Crippen LogP contribution in [0.3, 0.4) is 0 Å².